The topological polar surface area (TPSA) is 26.3 Å². The highest BCUT2D eigenvalue weighted by Crippen LogP contribution is 2.59. The van der Waals surface area contributed by atoms with Crippen LogP contribution < -0.4 is 4.43 Å². The third kappa shape index (κ3) is 1.86. The Labute approximate surface area is 129 Å². The quantitative estimate of drug-likeness (QED) is 0.741. The van der Waals surface area contributed by atoms with Gasteiger partial charge in [-0.25, -0.2) is 0 Å². The summed E-state index contributed by atoms with van der Waals surface area (Å²) in [6, 6.07) is 6.48. The highest BCUT2D eigenvalue weighted by molar-refractivity contribution is 5.99. The van der Waals surface area contributed by atoms with Crippen molar-refractivity contribution in [2.24, 2.45) is 17.3 Å². The Kier molecular flexibility index (Phi) is 3.04. The molecular formula is C18H21O2Si. The molecule has 3 radical (unpaired) electrons. The van der Waals surface area contributed by atoms with Gasteiger partial charge in [-0.2, -0.15) is 0 Å². The SMILES string of the molecule is C[C@]12CC[C@@H]3c4ccc(O[Si])cc4CC[C@H]3[C@@H]1CCC2=O. The van der Waals surface area contributed by atoms with Gasteiger partial charge in [-0.3, -0.25) is 4.79 Å². The van der Waals surface area contributed by atoms with Crippen LogP contribution in [0.15, 0.2) is 18.2 Å². The minimum absolute atomic E-state index is 0.0166. The standard InChI is InChI=1S/C18H21O2Si/c1-18-9-8-14-13-5-3-12(20-21)10-11(13)2-4-15(14)16(18)6-7-17(18)19/h3,5,10,14-16H,2,4,6-9H2,1H3/t14-,15-,16+,18+/m1/s1. The third-order valence-corrected chi connectivity index (χ3v) is 6.76. The average Bonchev–Trinajstić information content (AvgIpc) is 2.82. The second kappa shape index (κ2) is 4.70. The summed E-state index contributed by atoms with van der Waals surface area (Å²) in [4.78, 5) is 12.3. The number of aryl methyl sites for hydroxylation is 1. The largest absolute Gasteiger partial charge is 0.540 e. The van der Waals surface area contributed by atoms with Gasteiger partial charge in [0.25, 0.3) is 0 Å². The van der Waals surface area contributed by atoms with Gasteiger partial charge in [0, 0.05) is 11.8 Å². The molecule has 0 saturated heterocycles. The molecule has 0 N–H and O–H groups in total. The molecule has 3 aliphatic carbocycles. The van der Waals surface area contributed by atoms with Crippen molar-refractivity contribution in [1.82, 2.24) is 0 Å². The minimum Gasteiger partial charge on any atom is -0.540 e. The summed E-state index contributed by atoms with van der Waals surface area (Å²) in [7, 11) is 3.12. The first kappa shape index (κ1) is 13.6. The summed E-state index contributed by atoms with van der Waals surface area (Å²) in [6.07, 6.45) is 6.54. The molecule has 0 aliphatic heterocycles. The van der Waals surface area contributed by atoms with Crippen LogP contribution in [0.1, 0.15) is 56.1 Å². The fraction of sp³-hybridized carbons (Fsp3) is 0.611. The van der Waals surface area contributed by atoms with Crippen LogP contribution in [0.25, 0.3) is 0 Å². The maximum absolute atomic E-state index is 12.3. The molecule has 4 atom stereocenters. The fourth-order valence-electron chi connectivity index (χ4n) is 5.39. The lowest BCUT2D eigenvalue weighted by atomic mass is 9.55. The normalized spacial score (nSPS) is 37.6. The fourth-order valence-corrected chi connectivity index (χ4v) is 5.52. The Morgan fingerprint density at radius 1 is 1.24 bits per heavy atom. The van der Waals surface area contributed by atoms with Gasteiger partial charge >= 0.3 is 10.5 Å². The van der Waals surface area contributed by atoms with Gasteiger partial charge in [0.05, 0.1) is 0 Å². The lowest BCUT2D eigenvalue weighted by Gasteiger charge is -2.48. The molecule has 0 spiro atoms. The molecule has 3 aliphatic rings. The summed E-state index contributed by atoms with van der Waals surface area (Å²) >= 11 is 0. The van der Waals surface area contributed by atoms with Crippen molar-refractivity contribution in [2.75, 3.05) is 0 Å². The number of carbonyl (C=O) groups is 1. The van der Waals surface area contributed by atoms with Gasteiger partial charge in [0.2, 0.25) is 0 Å². The van der Waals surface area contributed by atoms with Crippen LogP contribution >= 0.6 is 0 Å². The second-order valence-electron chi connectivity index (χ2n) is 7.30. The van der Waals surface area contributed by atoms with E-state index in [4.69, 9.17) is 4.43 Å². The van der Waals surface area contributed by atoms with Gasteiger partial charge in [-0.05, 0) is 73.1 Å². The van der Waals surface area contributed by atoms with Crippen LogP contribution in [-0.2, 0) is 11.2 Å². The molecule has 0 amide bonds. The number of hydrogen-bond acceptors (Lipinski definition) is 2. The van der Waals surface area contributed by atoms with Crippen LogP contribution in [-0.4, -0.2) is 16.3 Å². The number of ketones is 1. The van der Waals surface area contributed by atoms with Crippen molar-refractivity contribution in [1.29, 1.82) is 0 Å². The predicted octanol–water partition coefficient (Wildman–Crippen LogP) is 3.57. The third-order valence-electron chi connectivity index (χ3n) is 6.52. The molecule has 2 saturated carbocycles. The summed E-state index contributed by atoms with van der Waals surface area (Å²) in [5, 5.41) is 0. The number of Topliss-reactive ketones (excluding diaryl/α,β-unsaturated/α-hetero) is 1. The summed E-state index contributed by atoms with van der Waals surface area (Å²) in [6.45, 7) is 2.24. The highest BCUT2D eigenvalue weighted by atomic mass is 28.2. The molecule has 1 aromatic carbocycles. The van der Waals surface area contributed by atoms with E-state index in [9.17, 15) is 4.79 Å². The van der Waals surface area contributed by atoms with Crippen molar-refractivity contribution < 1.29 is 9.22 Å². The van der Waals surface area contributed by atoms with Crippen LogP contribution in [0, 0.1) is 17.3 Å². The van der Waals surface area contributed by atoms with Crippen molar-refractivity contribution in [3.8, 4) is 5.75 Å². The van der Waals surface area contributed by atoms with E-state index in [2.05, 4.69) is 35.6 Å². The van der Waals surface area contributed by atoms with Crippen LogP contribution in [0.5, 0.6) is 5.75 Å². The van der Waals surface area contributed by atoms with Crippen LogP contribution in [0.3, 0.4) is 0 Å². The van der Waals surface area contributed by atoms with E-state index in [1.54, 1.807) is 0 Å². The van der Waals surface area contributed by atoms with E-state index in [1.807, 2.05) is 0 Å². The predicted molar refractivity (Wildman–Crippen MR) is 82.4 cm³/mol. The number of fused-ring (bicyclic) bond motifs is 5. The van der Waals surface area contributed by atoms with Gasteiger partial charge in [0.1, 0.15) is 11.5 Å². The second-order valence-corrected chi connectivity index (χ2v) is 7.50. The zero-order valence-corrected chi connectivity index (χ0v) is 13.5. The zero-order chi connectivity index (χ0) is 14.6. The lowest BCUT2D eigenvalue weighted by Crippen LogP contribution is -2.42. The molecule has 2 nitrogen and oxygen atoms in total. The minimum atomic E-state index is -0.0166. The highest BCUT2D eigenvalue weighted by Gasteiger charge is 2.54. The lowest BCUT2D eigenvalue weighted by molar-refractivity contribution is -0.129. The van der Waals surface area contributed by atoms with Crippen LogP contribution in [0.2, 0.25) is 0 Å². The van der Waals surface area contributed by atoms with Crippen molar-refractivity contribution in [2.45, 2.75) is 51.4 Å². The Bertz CT molecular complexity index is 597. The average molecular weight is 297 g/mol. The first-order valence-corrected chi connectivity index (χ1v) is 8.54. The number of hydrogen-bond donors (Lipinski definition) is 0. The number of rotatable bonds is 1. The monoisotopic (exact) mass is 297 g/mol. The Balaban J connectivity index is 1.70. The number of benzene rings is 1. The first-order chi connectivity index (χ1) is 10.1. The molecule has 21 heavy (non-hydrogen) atoms. The van der Waals surface area contributed by atoms with Gasteiger partial charge < -0.3 is 4.43 Å². The van der Waals surface area contributed by atoms with Crippen molar-refractivity contribution >= 4 is 16.3 Å². The molecule has 4 rings (SSSR count). The van der Waals surface area contributed by atoms with E-state index in [-0.39, 0.29) is 5.41 Å². The maximum Gasteiger partial charge on any atom is 0.341 e. The summed E-state index contributed by atoms with van der Waals surface area (Å²) in [5.74, 6) is 3.39. The number of carbonyl (C=O) groups excluding carboxylic acids is 1. The van der Waals surface area contributed by atoms with E-state index in [0.29, 0.717) is 23.5 Å². The molecule has 2 fully saturated rings. The molecule has 0 aromatic heterocycles. The van der Waals surface area contributed by atoms with Gasteiger partial charge in [-0.15, -0.1) is 0 Å². The first-order valence-electron chi connectivity index (χ1n) is 8.13. The van der Waals surface area contributed by atoms with Crippen LogP contribution in [0.4, 0.5) is 0 Å². The molecule has 0 heterocycles. The molecule has 1 aromatic rings. The zero-order valence-electron chi connectivity index (χ0n) is 12.5. The van der Waals surface area contributed by atoms with E-state index in [0.717, 1.165) is 31.4 Å². The smallest absolute Gasteiger partial charge is 0.341 e. The maximum atomic E-state index is 12.3. The van der Waals surface area contributed by atoms with E-state index in [1.165, 1.54) is 24.0 Å². The Morgan fingerprint density at radius 2 is 2.10 bits per heavy atom. The summed E-state index contributed by atoms with van der Waals surface area (Å²) < 4.78 is 5.18. The Morgan fingerprint density at radius 3 is 2.90 bits per heavy atom. The molecule has 109 valence electrons. The molecule has 3 heteroatoms. The summed E-state index contributed by atoms with van der Waals surface area (Å²) in [5.41, 5.74) is 2.94. The van der Waals surface area contributed by atoms with Crippen molar-refractivity contribution in [3.63, 3.8) is 0 Å². The van der Waals surface area contributed by atoms with Crippen molar-refractivity contribution in [3.05, 3.63) is 29.3 Å². The Hall–Kier alpha value is -1.09. The van der Waals surface area contributed by atoms with Gasteiger partial charge in [0.15, 0.2) is 0 Å². The molecular weight excluding hydrogens is 276 g/mol. The molecule has 0 bridgehead atoms. The van der Waals surface area contributed by atoms with Gasteiger partial charge in [-0.1, -0.05) is 13.0 Å². The van der Waals surface area contributed by atoms with E-state index >= 15 is 0 Å². The van der Waals surface area contributed by atoms with E-state index < -0.39 is 0 Å². The molecule has 0 unspecified atom stereocenters.